The molecule has 1 aromatic heterocycles. The van der Waals surface area contributed by atoms with Gasteiger partial charge in [-0.25, -0.2) is 4.98 Å². The normalized spacial score (nSPS) is 20.3. The van der Waals surface area contributed by atoms with Crippen LogP contribution in [0.3, 0.4) is 0 Å². The number of ether oxygens (including phenoxy) is 1. The van der Waals surface area contributed by atoms with Crippen molar-refractivity contribution in [3.8, 4) is 10.9 Å². The summed E-state index contributed by atoms with van der Waals surface area (Å²) < 4.78 is 7.03. The molecule has 3 aromatic rings. The Labute approximate surface area is 157 Å². The van der Waals surface area contributed by atoms with Gasteiger partial charge in [-0.1, -0.05) is 48.4 Å². The Morgan fingerprint density at radius 3 is 2.69 bits per heavy atom. The van der Waals surface area contributed by atoms with E-state index in [9.17, 15) is 5.11 Å². The van der Waals surface area contributed by atoms with Gasteiger partial charge < -0.3 is 15.2 Å². The van der Waals surface area contributed by atoms with Crippen LogP contribution in [0.2, 0.25) is 0 Å². The van der Waals surface area contributed by atoms with Crippen LogP contribution in [-0.4, -0.2) is 28.8 Å². The molecule has 0 spiro atoms. The zero-order chi connectivity index (χ0) is 17.8. The van der Waals surface area contributed by atoms with Crippen LogP contribution in [0.5, 0.6) is 10.9 Å². The summed E-state index contributed by atoms with van der Waals surface area (Å²) >= 11 is 1.56. The Morgan fingerprint density at radius 2 is 1.88 bits per heavy atom. The van der Waals surface area contributed by atoms with Crippen molar-refractivity contribution in [3.63, 3.8) is 0 Å². The minimum Gasteiger partial charge on any atom is -0.431 e. The Bertz CT molecular complexity index is 814. The molecule has 4 nitrogen and oxygen atoms in total. The van der Waals surface area contributed by atoms with Crippen molar-refractivity contribution < 1.29 is 9.84 Å². The smallest absolute Gasteiger partial charge is 0.279 e. The summed E-state index contributed by atoms with van der Waals surface area (Å²) in [5.74, 6) is 0.809. The summed E-state index contributed by atoms with van der Waals surface area (Å²) in [4.78, 5) is 4.50. The first-order valence-corrected chi connectivity index (χ1v) is 10.1. The summed E-state index contributed by atoms with van der Waals surface area (Å²) in [6.45, 7) is 0.889. The molecule has 1 aliphatic rings. The SMILES string of the molecule is O[C@@H]1CCCCC1NCCc1ccc(Oc2nc3ccccc3s2)cc1. The average Bonchev–Trinajstić information content (AvgIpc) is 3.07. The molecule has 0 saturated heterocycles. The average molecular weight is 369 g/mol. The number of aromatic nitrogens is 1. The maximum absolute atomic E-state index is 10.0. The highest BCUT2D eigenvalue weighted by atomic mass is 32.1. The van der Waals surface area contributed by atoms with E-state index in [0.717, 1.165) is 48.2 Å². The molecule has 0 bridgehead atoms. The van der Waals surface area contributed by atoms with Gasteiger partial charge in [0.25, 0.3) is 5.19 Å². The van der Waals surface area contributed by atoms with Crippen molar-refractivity contribution >= 4 is 21.6 Å². The zero-order valence-electron chi connectivity index (χ0n) is 14.7. The van der Waals surface area contributed by atoms with E-state index in [1.807, 2.05) is 30.3 Å². The van der Waals surface area contributed by atoms with E-state index in [4.69, 9.17) is 4.74 Å². The first-order chi connectivity index (χ1) is 12.8. The first kappa shape index (κ1) is 17.5. The quantitative estimate of drug-likeness (QED) is 0.671. The number of hydrogen-bond acceptors (Lipinski definition) is 5. The van der Waals surface area contributed by atoms with Crippen LogP contribution in [0.25, 0.3) is 10.2 Å². The highest BCUT2D eigenvalue weighted by Gasteiger charge is 2.21. The van der Waals surface area contributed by atoms with Gasteiger partial charge in [-0.05, 0) is 55.6 Å². The summed E-state index contributed by atoms with van der Waals surface area (Å²) in [5.41, 5.74) is 2.24. The molecule has 0 radical (unpaired) electrons. The third kappa shape index (κ3) is 4.23. The molecule has 2 atom stereocenters. The largest absolute Gasteiger partial charge is 0.431 e. The molecule has 1 heterocycles. The van der Waals surface area contributed by atoms with E-state index >= 15 is 0 Å². The van der Waals surface area contributed by atoms with Gasteiger partial charge in [-0.3, -0.25) is 0 Å². The number of aliphatic hydroxyl groups excluding tert-OH is 1. The molecule has 0 aliphatic heterocycles. The number of nitrogens with one attached hydrogen (secondary N) is 1. The lowest BCUT2D eigenvalue weighted by Gasteiger charge is -2.28. The topological polar surface area (TPSA) is 54.4 Å². The van der Waals surface area contributed by atoms with Crippen molar-refractivity contribution in [2.24, 2.45) is 0 Å². The van der Waals surface area contributed by atoms with E-state index in [2.05, 4.69) is 28.5 Å². The summed E-state index contributed by atoms with van der Waals surface area (Å²) in [7, 11) is 0. The summed E-state index contributed by atoms with van der Waals surface area (Å²) in [6, 6.07) is 16.5. The lowest BCUT2D eigenvalue weighted by atomic mass is 9.92. The number of nitrogens with zero attached hydrogens (tertiary/aromatic N) is 1. The second-order valence-corrected chi connectivity index (χ2v) is 7.85. The number of para-hydroxylation sites is 1. The number of rotatable bonds is 6. The van der Waals surface area contributed by atoms with Gasteiger partial charge in [-0.2, -0.15) is 0 Å². The fourth-order valence-corrected chi connectivity index (χ4v) is 4.31. The van der Waals surface area contributed by atoms with Crippen molar-refractivity contribution in [1.82, 2.24) is 10.3 Å². The monoisotopic (exact) mass is 368 g/mol. The van der Waals surface area contributed by atoms with Crippen LogP contribution < -0.4 is 10.1 Å². The molecule has 136 valence electrons. The van der Waals surface area contributed by atoms with Gasteiger partial charge in [-0.15, -0.1) is 0 Å². The predicted molar refractivity (Wildman–Crippen MR) is 106 cm³/mol. The highest BCUT2D eigenvalue weighted by molar-refractivity contribution is 7.20. The van der Waals surface area contributed by atoms with Crippen molar-refractivity contribution in [2.75, 3.05) is 6.54 Å². The Kier molecular flexibility index (Phi) is 5.48. The van der Waals surface area contributed by atoms with Crippen LogP contribution >= 0.6 is 11.3 Å². The Morgan fingerprint density at radius 1 is 1.08 bits per heavy atom. The molecule has 2 aromatic carbocycles. The lowest BCUT2D eigenvalue weighted by Crippen LogP contribution is -2.42. The lowest BCUT2D eigenvalue weighted by molar-refractivity contribution is 0.0914. The van der Waals surface area contributed by atoms with E-state index in [0.29, 0.717) is 5.19 Å². The standard InChI is InChI=1S/C21H24N2O2S/c24-19-7-3-1-5-17(19)22-14-13-15-9-11-16(12-10-15)25-21-23-18-6-2-4-8-20(18)26-21/h2,4,6,8-12,17,19,22,24H,1,3,5,7,13-14H2/t17?,19-/m1/s1. The number of benzene rings is 2. The van der Waals surface area contributed by atoms with Gasteiger partial charge in [0, 0.05) is 6.04 Å². The minimum atomic E-state index is -0.187. The van der Waals surface area contributed by atoms with Gasteiger partial charge in [0.15, 0.2) is 0 Å². The van der Waals surface area contributed by atoms with Crippen LogP contribution in [0.4, 0.5) is 0 Å². The van der Waals surface area contributed by atoms with E-state index in [1.165, 1.54) is 12.0 Å². The first-order valence-electron chi connectivity index (χ1n) is 9.32. The second-order valence-electron chi connectivity index (χ2n) is 6.86. The highest BCUT2D eigenvalue weighted by Crippen LogP contribution is 2.31. The number of hydrogen-bond donors (Lipinski definition) is 2. The molecule has 4 rings (SSSR count). The maximum atomic E-state index is 10.0. The molecule has 2 N–H and O–H groups in total. The summed E-state index contributed by atoms with van der Waals surface area (Å²) in [5, 5.41) is 14.2. The van der Waals surface area contributed by atoms with Gasteiger partial charge >= 0.3 is 0 Å². The Hall–Kier alpha value is -1.95. The fraction of sp³-hybridized carbons (Fsp3) is 0.381. The van der Waals surface area contributed by atoms with Crippen LogP contribution in [0.1, 0.15) is 31.2 Å². The van der Waals surface area contributed by atoms with Gasteiger partial charge in [0.2, 0.25) is 0 Å². The van der Waals surface area contributed by atoms with Crippen LogP contribution in [0, 0.1) is 0 Å². The molecule has 26 heavy (non-hydrogen) atoms. The van der Waals surface area contributed by atoms with E-state index in [-0.39, 0.29) is 12.1 Å². The van der Waals surface area contributed by atoms with Gasteiger partial charge in [0.1, 0.15) is 5.75 Å². The molecule has 5 heteroatoms. The van der Waals surface area contributed by atoms with Crippen molar-refractivity contribution in [3.05, 3.63) is 54.1 Å². The van der Waals surface area contributed by atoms with Crippen LogP contribution in [-0.2, 0) is 6.42 Å². The molecule has 1 saturated carbocycles. The third-order valence-corrected chi connectivity index (χ3v) is 5.87. The molecular formula is C21H24N2O2S. The second kappa shape index (κ2) is 8.16. The van der Waals surface area contributed by atoms with Gasteiger partial charge in [0.05, 0.1) is 16.3 Å². The molecule has 1 fully saturated rings. The van der Waals surface area contributed by atoms with Crippen molar-refractivity contribution in [2.45, 2.75) is 44.2 Å². The number of thiazole rings is 1. The Balaban J connectivity index is 1.30. The van der Waals surface area contributed by atoms with E-state index < -0.39 is 0 Å². The maximum Gasteiger partial charge on any atom is 0.279 e. The van der Waals surface area contributed by atoms with E-state index in [1.54, 1.807) is 11.3 Å². The minimum absolute atomic E-state index is 0.187. The fourth-order valence-electron chi connectivity index (χ4n) is 3.47. The van der Waals surface area contributed by atoms with Crippen molar-refractivity contribution in [1.29, 1.82) is 0 Å². The molecular weight excluding hydrogens is 344 g/mol. The predicted octanol–water partition coefficient (Wildman–Crippen LogP) is 4.52. The molecule has 1 aliphatic carbocycles. The zero-order valence-corrected chi connectivity index (χ0v) is 15.5. The number of aliphatic hydroxyl groups is 1. The van der Waals surface area contributed by atoms with Crippen LogP contribution in [0.15, 0.2) is 48.5 Å². The molecule has 0 amide bonds. The molecule has 1 unspecified atom stereocenters. The summed E-state index contributed by atoms with van der Waals surface area (Å²) in [6.07, 6.45) is 5.13. The third-order valence-electron chi connectivity index (χ3n) is 4.95. The number of fused-ring (bicyclic) bond motifs is 1.